The van der Waals surface area contributed by atoms with E-state index in [9.17, 15) is 8.42 Å². The molecule has 1 aromatic rings. The van der Waals surface area contributed by atoms with Crippen LogP contribution in [0.2, 0.25) is 5.02 Å². The van der Waals surface area contributed by atoms with Crippen molar-refractivity contribution < 1.29 is 8.42 Å². The minimum atomic E-state index is -3.51. The molecule has 3 N–H and O–H groups in total. The van der Waals surface area contributed by atoms with Crippen molar-refractivity contribution in [3.63, 3.8) is 0 Å². The Morgan fingerprint density at radius 2 is 2.05 bits per heavy atom. The van der Waals surface area contributed by atoms with Gasteiger partial charge in [0.1, 0.15) is 0 Å². The quantitative estimate of drug-likeness (QED) is 0.826. The molecule has 1 fully saturated rings. The Morgan fingerprint density at radius 3 is 2.65 bits per heavy atom. The summed E-state index contributed by atoms with van der Waals surface area (Å²) in [6.07, 6.45) is 2.03. The molecule has 0 radical (unpaired) electrons. The van der Waals surface area contributed by atoms with E-state index in [1.807, 2.05) is 0 Å². The molecular weight excluding hydrogens is 298 g/mol. The predicted molar refractivity (Wildman–Crippen MR) is 81.3 cm³/mol. The number of hydrogen-bond acceptors (Lipinski definition) is 4. The molecule has 0 saturated carbocycles. The van der Waals surface area contributed by atoms with Crippen molar-refractivity contribution in [2.75, 3.05) is 32.4 Å². The Balaban J connectivity index is 1.98. The molecule has 7 heteroatoms. The number of anilines is 1. The monoisotopic (exact) mass is 317 g/mol. The Labute approximate surface area is 125 Å². The molecule has 0 spiro atoms. The summed E-state index contributed by atoms with van der Waals surface area (Å²) in [6, 6.07) is 4.36. The van der Waals surface area contributed by atoms with Crippen LogP contribution in [0.5, 0.6) is 0 Å². The lowest BCUT2D eigenvalue weighted by molar-refractivity contribution is 0.220. The number of halogens is 1. The van der Waals surface area contributed by atoms with Crippen LogP contribution in [0.25, 0.3) is 0 Å². The molecule has 0 aliphatic carbocycles. The van der Waals surface area contributed by atoms with E-state index in [1.54, 1.807) is 0 Å². The minimum Gasteiger partial charge on any atom is -0.397 e. The fourth-order valence-corrected chi connectivity index (χ4v) is 3.53. The molecule has 1 saturated heterocycles. The van der Waals surface area contributed by atoms with Crippen LogP contribution >= 0.6 is 11.6 Å². The number of nitrogens with one attached hydrogen (secondary N) is 1. The van der Waals surface area contributed by atoms with Crippen molar-refractivity contribution in [2.45, 2.75) is 17.7 Å². The van der Waals surface area contributed by atoms with Crippen molar-refractivity contribution in [1.82, 2.24) is 9.62 Å². The third-order valence-electron chi connectivity index (χ3n) is 3.68. The first-order valence-electron chi connectivity index (χ1n) is 6.62. The van der Waals surface area contributed by atoms with Crippen molar-refractivity contribution in [1.29, 1.82) is 0 Å². The fraction of sp³-hybridized carbons (Fsp3) is 0.538. The van der Waals surface area contributed by atoms with Crippen molar-refractivity contribution >= 4 is 27.3 Å². The lowest BCUT2D eigenvalue weighted by atomic mass is 9.98. The first-order valence-corrected chi connectivity index (χ1v) is 8.48. The highest BCUT2D eigenvalue weighted by Gasteiger charge is 2.20. The second-order valence-corrected chi connectivity index (χ2v) is 7.46. The molecule has 5 nitrogen and oxygen atoms in total. The zero-order valence-corrected chi connectivity index (χ0v) is 13.0. The molecule has 0 aromatic heterocycles. The summed E-state index contributed by atoms with van der Waals surface area (Å²) >= 11 is 5.80. The molecule has 1 aliphatic rings. The van der Waals surface area contributed by atoms with Crippen LogP contribution in [0.15, 0.2) is 23.1 Å². The molecule has 2 rings (SSSR count). The molecule has 112 valence electrons. The van der Waals surface area contributed by atoms with Gasteiger partial charge >= 0.3 is 0 Å². The molecular formula is C13H20ClN3O2S. The molecule has 1 aliphatic heterocycles. The van der Waals surface area contributed by atoms with Gasteiger partial charge in [-0.1, -0.05) is 11.6 Å². The van der Waals surface area contributed by atoms with Gasteiger partial charge in [0.2, 0.25) is 10.0 Å². The Bertz CT molecular complexity index is 569. The number of rotatable bonds is 4. The molecule has 1 heterocycles. The van der Waals surface area contributed by atoms with Crippen molar-refractivity contribution in [3.05, 3.63) is 23.2 Å². The Morgan fingerprint density at radius 1 is 1.40 bits per heavy atom. The van der Waals surface area contributed by atoms with E-state index in [-0.39, 0.29) is 10.6 Å². The number of hydrogen-bond donors (Lipinski definition) is 2. The largest absolute Gasteiger partial charge is 0.397 e. The van der Waals surface area contributed by atoms with E-state index in [4.69, 9.17) is 17.3 Å². The first-order chi connectivity index (χ1) is 9.38. The zero-order valence-electron chi connectivity index (χ0n) is 11.5. The third-order valence-corrected chi connectivity index (χ3v) is 5.44. The number of nitrogen functional groups attached to an aromatic ring is 1. The summed E-state index contributed by atoms with van der Waals surface area (Å²) in [5.74, 6) is 0.394. The molecule has 1 aromatic carbocycles. The first kappa shape index (κ1) is 15.6. The van der Waals surface area contributed by atoms with Gasteiger partial charge in [0.05, 0.1) is 15.6 Å². The summed E-state index contributed by atoms with van der Waals surface area (Å²) in [4.78, 5) is 2.41. The smallest absolute Gasteiger partial charge is 0.240 e. The minimum absolute atomic E-state index is 0.160. The second-order valence-electron chi connectivity index (χ2n) is 5.28. The lowest BCUT2D eigenvalue weighted by Crippen LogP contribution is -2.36. The van der Waals surface area contributed by atoms with Crippen molar-refractivity contribution in [3.8, 4) is 0 Å². The van der Waals surface area contributed by atoms with Crippen LogP contribution in [0.3, 0.4) is 0 Å². The van der Waals surface area contributed by atoms with E-state index in [0.717, 1.165) is 25.9 Å². The van der Waals surface area contributed by atoms with E-state index < -0.39 is 10.0 Å². The molecule has 0 bridgehead atoms. The third kappa shape index (κ3) is 3.85. The van der Waals surface area contributed by atoms with Crippen LogP contribution in [-0.2, 0) is 10.0 Å². The second kappa shape index (κ2) is 6.30. The molecule has 20 heavy (non-hydrogen) atoms. The zero-order chi connectivity index (χ0) is 14.8. The maximum Gasteiger partial charge on any atom is 0.240 e. The van der Waals surface area contributed by atoms with E-state index in [1.165, 1.54) is 18.2 Å². The van der Waals surface area contributed by atoms with Crippen LogP contribution < -0.4 is 10.5 Å². The maximum atomic E-state index is 12.2. The standard InChI is InChI=1S/C13H20ClN3O2S/c1-17-6-4-10(5-7-17)9-16-20(18,19)11-2-3-12(14)13(15)8-11/h2-3,8,10,16H,4-7,9,15H2,1H3. The average Bonchev–Trinajstić information content (AvgIpc) is 2.41. The van der Waals surface area contributed by atoms with E-state index in [0.29, 0.717) is 17.5 Å². The Hall–Kier alpha value is -0.820. The number of nitrogens with zero attached hydrogens (tertiary/aromatic N) is 1. The summed E-state index contributed by atoms with van der Waals surface area (Å²) < 4.78 is 27.0. The predicted octanol–water partition coefficient (Wildman–Crippen LogP) is 1.54. The highest BCUT2D eigenvalue weighted by atomic mass is 35.5. The van der Waals surface area contributed by atoms with Gasteiger partial charge in [0.15, 0.2) is 0 Å². The summed E-state index contributed by atoms with van der Waals surface area (Å²) in [7, 11) is -1.43. The number of piperidine rings is 1. The normalized spacial score (nSPS) is 18.3. The van der Waals surface area contributed by atoms with E-state index >= 15 is 0 Å². The Kier molecular flexibility index (Phi) is 4.90. The van der Waals surface area contributed by atoms with Crippen LogP contribution in [0, 0.1) is 5.92 Å². The fourth-order valence-electron chi connectivity index (χ4n) is 2.27. The molecule has 0 amide bonds. The van der Waals surface area contributed by atoms with Gasteiger partial charge in [0, 0.05) is 6.54 Å². The van der Waals surface area contributed by atoms with Gasteiger partial charge in [-0.15, -0.1) is 0 Å². The molecule has 0 atom stereocenters. The van der Waals surface area contributed by atoms with Gasteiger partial charge in [-0.25, -0.2) is 13.1 Å². The van der Waals surface area contributed by atoms with Crippen molar-refractivity contribution in [2.24, 2.45) is 5.92 Å². The van der Waals surface area contributed by atoms with Gasteiger partial charge in [0.25, 0.3) is 0 Å². The highest BCUT2D eigenvalue weighted by Crippen LogP contribution is 2.22. The van der Waals surface area contributed by atoms with Gasteiger partial charge < -0.3 is 10.6 Å². The number of sulfonamides is 1. The SMILES string of the molecule is CN1CCC(CNS(=O)(=O)c2ccc(Cl)c(N)c2)CC1. The number of likely N-dealkylation sites (tertiary alicyclic amines) is 1. The van der Waals surface area contributed by atoms with Gasteiger partial charge in [-0.2, -0.15) is 0 Å². The van der Waals surface area contributed by atoms with Gasteiger partial charge in [-0.3, -0.25) is 0 Å². The number of nitrogens with two attached hydrogens (primary N) is 1. The topological polar surface area (TPSA) is 75.4 Å². The van der Waals surface area contributed by atoms with Crippen LogP contribution in [0.4, 0.5) is 5.69 Å². The summed E-state index contributed by atoms with van der Waals surface area (Å²) in [5, 5.41) is 0.360. The molecule has 0 unspecified atom stereocenters. The number of benzene rings is 1. The maximum absolute atomic E-state index is 12.2. The lowest BCUT2D eigenvalue weighted by Gasteiger charge is -2.28. The highest BCUT2D eigenvalue weighted by molar-refractivity contribution is 7.89. The van der Waals surface area contributed by atoms with E-state index in [2.05, 4.69) is 16.7 Å². The van der Waals surface area contributed by atoms with Gasteiger partial charge in [-0.05, 0) is 57.1 Å². The summed E-state index contributed by atoms with van der Waals surface area (Å²) in [5.41, 5.74) is 5.91. The van der Waals surface area contributed by atoms with Crippen LogP contribution in [0.1, 0.15) is 12.8 Å². The summed E-state index contributed by atoms with van der Waals surface area (Å²) in [6.45, 7) is 2.50. The van der Waals surface area contributed by atoms with Crippen LogP contribution in [-0.4, -0.2) is 40.0 Å². The average molecular weight is 318 g/mol.